The molecule has 1 aliphatic heterocycles. The average Bonchev–Trinajstić information content (AvgIpc) is 3.62. The minimum Gasteiger partial charge on any atom is -1.00 e. The number of aromatic nitrogens is 4. The first-order valence-electron chi connectivity index (χ1n) is 12.3. The van der Waals surface area contributed by atoms with Gasteiger partial charge in [0.25, 0.3) is 0 Å². The number of nitrogens with zero attached hydrogens (tertiary/aromatic N) is 6. The zero-order chi connectivity index (χ0) is 24.2. The van der Waals surface area contributed by atoms with Gasteiger partial charge in [0.1, 0.15) is 11.8 Å². The Kier molecular flexibility index (Phi) is 8.53. The van der Waals surface area contributed by atoms with Crippen molar-refractivity contribution in [1.29, 1.82) is 0 Å². The highest BCUT2D eigenvalue weighted by molar-refractivity contribution is 5.51. The van der Waals surface area contributed by atoms with Crippen LogP contribution in [0.1, 0.15) is 49.2 Å². The van der Waals surface area contributed by atoms with E-state index >= 15 is 0 Å². The van der Waals surface area contributed by atoms with E-state index in [0.717, 1.165) is 61.9 Å². The maximum absolute atomic E-state index is 5.86. The number of rotatable bonds is 8. The van der Waals surface area contributed by atoms with E-state index in [-0.39, 0.29) is 18.4 Å². The Morgan fingerprint density at radius 3 is 2.22 bits per heavy atom. The second kappa shape index (κ2) is 11.8. The molecule has 36 heavy (non-hydrogen) atoms. The van der Waals surface area contributed by atoms with Crippen molar-refractivity contribution in [3.8, 4) is 17.2 Å². The Bertz CT molecular complexity index is 1110. The van der Waals surface area contributed by atoms with E-state index in [2.05, 4.69) is 48.2 Å². The van der Waals surface area contributed by atoms with E-state index in [1.165, 1.54) is 18.5 Å². The van der Waals surface area contributed by atoms with Crippen LogP contribution in [0.5, 0.6) is 17.2 Å². The number of benzene rings is 2. The third kappa shape index (κ3) is 5.08. The number of hydrogen-bond donors (Lipinski definition) is 0. The number of piperazine rings is 1. The van der Waals surface area contributed by atoms with Crippen LogP contribution in [-0.2, 0) is 0 Å². The number of halogens is 1. The fraction of sp³-hybridized carbons (Fsp3) is 0.500. The molecule has 5 rings (SSSR count). The highest BCUT2D eigenvalue weighted by Crippen LogP contribution is 2.41. The number of ether oxygens (including phenoxy) is 3. The van der Waals surface area contributed by atoms with Gasteiger partial charge >= 0.3 is 0 Å². The summed E-state index contributed by atoms with van der Waals surface area (Å²) in [6.07, 6.45) is 4.67. The fourth-order valence-corrected chi connectivity index (χ4v) is 5.45. The molecule has 2 aliphatic rings. The molecule has 194 valence electrons. The predicted molar refractivity (Wildman–Crippen MR) is 133 cm³/mol. The third-order valence-electron chi connectivity index (χ3n) is 7.28. The van der Waals surface area contributed by atoms with Crippen molar-refractivity contribution < 1.29 is 26.6 Å². The summed E-state index contributed by atoms with van der Waals surface area (Å²) in [5.74, 6) is 3.20. The number of tetrazole rings is 1. The third-order valence-corrected chi connectivity index (χ3v) is 7.28. The van der Waals surface area contributed by atoms with Crippen molar-refractivity contribution in [1.82, 2.24) is 25.1 Å². The Balaban J connectivity index is 0.00000304. The Hall–Kier alpha value is -3.04. The summed E-state index contributed by atoms with van der Waals surface area (Å²) >= 11 is 0. The van der Waals surface area contributed by atoms with Gasteiger partial charge in [-0.15, -0.1) is 5.10 Å². The molecule has 0 radical (unpaired) electrons. The van der Waals surface area contributed by atoms with Crippen LogP contribution in [0.3, 0.4) is 0 Å². The molecule has 1 saturated heterocycles. The van der Waals surface area contributed by atoms with E-state index in [9.17, 15) is 0 Å². The Labute approximate surface area is 218 Å². The van der Waals surface area contributed by atoms with Crippen molar-refractivity contribution >= 4 is 5.69 Å². The summed E-state index contributed by atoms with van der Waals surface area (Å²) in [6.45, 7) is 3.55. The second-order valence-corrected chi connectivity index (χ2v) is 9.13. The lowest BCUT2D eigenvalue weighted by molar-refractivity contribution is -0.00000810. The van der Waals surface area contributed by atoms with Crippen molar-refractivity contribution in [2.45, 2.75) is 37.8 Å². The first-order chi connectivity index (χ1) is 17.2. The van der Waals surface area contributed by atoms with Gasteiger partial charge in [-0.25, -0.2) is 4.68 Å². The largest absolute Gasteiger partial charge is 1.00 e. The molecule has 1 aromatic heterocycles. The summed E-state index contributed by atoms with van der Waals surface area (Å²) in [5, 5.41) is 13.2. The zero-order valence-corrected chi connectivity index (χ0v) is 21.9. The van der Waals surface area contributed by atoms with E-state index in [1.54, 1.807) is 21.3 Å². The predicted octanol–water partition coefficient (Wildman–Crippen LogP) is 0.730. The highest BCUT2D eigenvalue weighted by atomic mass is 35.5. The summed E-state index contributed by atoms with van der Waals surface area (Å²) < 4.78 is 18.9. The van der Waals surface area contributed by atoms with Crippen LogP contribution in [0.4, 0.5) is 5.69 Å². The number of hydrogen-bond acceptors (Lipinski definition) is 8. The quantitative estimate of drug-likeness (QED) is 0.436. The molecule has 0 bridgehead atoms. The van der Waals surface area contributed by atoms with Gasteiger partial charge in [-0.05, 0) is 53.6 Å². The summed E-state index contributed by atoms with van der Waals surface area (Å²) in [6, 6.07) is 14.5. The van der Waals surface area contributed by atoms with Crippen molar-refractivity contribution in [2.75, 3.05) is 52.4 Å². The van der Waals surface area contributed by atoms with E-state index < -0.39 is 0 Å². The maximum atomic E-state index is 5.86. The molecule has 1 aliphatic carbocycles. The van der Waals surface area contributed by atoms with Crippen LogP contribution in [0, 0.1) is 0 Å². The average molecular weight is 514 g/mol. The monoisotopic (exact) mass is 513 g/mol. The van der Waals surface area contributed by atoms with Gasteiger partial charge in [0.15, 0.2) is 17.3 Å². The van der Waals surface area contributed by atoms with Crippen LogP contribution < -0.4 is 31.5 Å². The van der Waals surface area contributed by atoms with Gasteiger partial charge in [-0.1, -0.05) is 25.0 Å². The first kappa shape index (κ1) is 26.0. The number of methoxy groups -OCH3 is 3. The molecule has 10 heteroatoms. The standard InChI is InChI=1S/C26H34N6O3.ClH/c1-33-21-13-11-19(12-14-21)30-15-17-31(18-16-30)24(22-9-6-10-23(34-2)25(22)35-3)26-27-28-29-32(26)20-7-4-5-8-20;/h6,9-14,20,24H,4-5,7-8,15-18H2,1-3H3;1H/p-1. The fourth-order valence-electron chi connectivity index (χ4n) is 5.45. The highest BCUT2D eigenvalue weighted by Gasteiger charge is 2.35. The summed E-state index contributed by atoms with van der Waals surface area (Å²) in [7, 11) is 5.06. The van der Waals surface area contributed by atoms with E-state index in [4.69, 9.17) is 14.2 Å². The molecule has 0 amide bonds. The van der Waals surface area contributed by atoms with Crippen LogP contribution >= 0.6 is 0 Å². The van der Waals surface area contributed by atoms with Crippen molar-refractivity contribution in [3.05, 3.63) is 53.9 Å². The minimum absolute atomic E-state index is 0. The molecule has 1 saturated carbocycles. The molecule has 2 fully saturated rings. The minimum atomic E-state index is -0.131. The van der Waals surface area contributed by atoms with Crippen molar-refractivity contribution in [3.63, 3.8) is 0 Å². The van der Waals surface area contributed by atoms with Crippen LogP contribution in [0.2, 0.25) is 0 Å². The normalized spacial score (nSPS) is 17.5. The smallest absolute Gasteiger partial charge is 0.173 e. The molecule has 9 nitrogen and oxygen atoms in total. The Morgan fingerprint density at radius 2 is 1.58 bits per heavy atom. The van der Waals surface area contributed by atoms with Crippen LogP contribution in [0.15, 0.2) is 42.5 Å². The van der Waals surface area contributed by atoms with Gasteiger partial charge in [-0.2, -0.15) is 0 Å². The lowest BCUT2D eigenvalue weighted by Gasteiger charge is -2.40. The molecule has 0 N–H and O–H groups in total. The van der Waals surface area contributed by atoms with Crippen LogP contribution in [-0.4, -0.2) is 72.6 Å². The molecular formula is C26H34ClN6O3-. The van der Waals surface area contributed by atoms with Gasteiger partial charge < -0.3 is 31.5 Å². The zero-order valence-electron chi connectivity index (χ0n) is 21.1. The maximum Gasteiger partial charge on any atom is 0.173 e. The van der Waals surface area contributed by atoms with Gasteiger partial charge in [-0.3, -0.25) is 4.90 Å². The summed E-state index contributed by atoms with van der Waals surface area (Å²) in [4.78, 5) is 4.88. The lowest BCUT2D eigenvalue weighted by Crippen LogP contribution is -3.00. The van der Waals surface area contributed by atoms with E-state index in [1.807, 2.05) is 24.3 Å². The molecule has 0 spiro atoms. The SMILES string of the molecule is COc1ccc(N2CCN(C(c3cccc(OC)c3OC)c3nnnn3C3CCCC3)CC2)cc1.[Cl-]. The van der Waals surface area contributed by atoms with Gasteiger partial charge in [0, 0.05) is 37.4 Å². The first-order valence-corrected chi connectivity index (χ1v) is 12.3. The molecule has 1 unspecified atom stereocenters. The van der Waals surface area contributed by atoms with Crippen molar-refractivity contribution in [2.24, 2.45) is 0 Å². The second-order valence-electron chi connectivity index (χ2n) is 9.13. The van der Waals surface area contributed by atoms with Gasteiger partial charge in [0.05, 0.1) is 27.4 Å². The summed E-state index contributed by atoms with van der Waals surface area (Å²) in [5.41, 5.74) is 2.23. The van der Waals surface area contributed by atoms with Gasteiger partial charge in [0.2, 0.25) is 0 Å². The van der Waals surface area contributed by atoms with Crippen LogP contribution in [0.25, 0.3) is 0 Å². The van der Waals surface area contributed by atoms with E-state index in [0.29, 0.717) is 11.8 Å². The molecule has 2 aromatic carbocycles. The molecule has 1 atom stereocenters. The number of anilines is 1. The number of para-hydroxylation sites is 1. The molecule has 3 aromatic rings. The Morgan fingerprint density at radius 1 is 0.861 bits per heavy atom. The topological polar surface area (TPSA) is 77.8 Å². The molecule has 2 heterocycles. The molecular weight excluding hydrogens is 480 g/mol. The lowest BCUT2D eigenvalue weighted by atomic mass is 10.0.